The van der Waals surface area contributed by atoms with Crippen molar-refractivity contribution in [1.29, 1.82) is 0 Å². The van der Waals surface area contributed by atoms with E-state index in [0.29, 0.717) is 11.1 Å². The van der Waals surface area contributed by atoms with Gasteiger partial charge in [0.1, 0.15) is 13.1 Å². The number of carboxylic acid groups (broad SMARTS) is 2. The maximum Gasteiger partial charge on any atom is 1.00 e. The van der Waals surface area contributed by atoms with Crippen LogP contribution in [-0.4, -0.2) is 96.1 Å². The second-order valence-electron chi connectivity index (χ2n) is 18.6. The molecule has 0 aromatic rings. The summed E-state index contributed by atoms with van der Waals surface area (Å²) in [7, 11) is 0. The van der Waals surface area contributed by atoms with E-state index in [2.05, 4.69) is 21.3 Å². The number of esters is 2. The molecule has 2 atom stereocenters. The van der Waals surface area contributed by atoms with Crippen LogP contribution in [0.15, 0.2) is 130 Å². The van der Waals surface area contributed by atoms with Crippen LogP contribution in [0.2, 0.25) is 0 Å². The van der Waals surface area contributed by atoms with E-state index in [1.54, 1.807) is 13.8 Å². The Balaban J connectivity index is -0.0000126. The average Bonchev–Trinajstić information content (AvgIpc) is 3.27. The fourth-order valence-corrected chi connectivity index (χ4v) is 7.47. The number of rotatable bonds is 24. The number of aliphatic carboxylic acids is 2. The largest absolute Gasteiger partial charge is 1.00 e. The zero-order chi connectivity index (χ0) is 52.6. The third-order valence-corrected chi connectivity index (χ3v) is 11.3. The summed E-state index contributed by atoms with van der Waals surface area (Å²) in [5, 5.41) is 27.0. The first-order valence-corrected chi connectivity index (χ1v) is 23.3. The number of carbonyl (C=O) groups excluding carboxylic acids is 6. The molecule has 0 radical (unpaired) electrons. The van der Waals surface area contributed by atoms with Gasteiger partial charge in [-0.2, -0.15) is 0 Å². The van der Waals surface area contributed by atoms with Gasteiger partial charge in [0.2, 0.25) is 0 Å². The molecular formula is C54H74N4Na2O12. The standard InChI is InChI=1S/C54H72N4O12.2Na.2H/c1-35(19-13-21-37(3)25-27-41-39(5)49(65)43(31-53(41,7)8)69-47(63)33-57-51(67)55-29-15-23-45(59)60)17-11-12-18-36(2)20-14-22-38(4)26-28-42-40(6)50(66)44(32-54(42,9)10)70-48(64)34-58-52(68)56-30-16-24-46(61)62;;;;/h11-14,17-22,25-28,43-44H,15-16,23-24,29-34H2,1-10H3,(H,59,60)(H,61,62)(H2,55,57,67)(H2,56,58,68);;;;/q;2*+1;2*-1/b12-11+,19-13+,20-14+,27-25+,28-26+,35-17+,36-18+,37-21+,38-22+;;;;. The van der Waals surface area contributed by atoms with E-state index >= 15 is 0 Å². The van der Waals surface area contributed by atoms with Gasteiger partial charge in [-0.15, -0.1) is 0 Å². The fraction of sp³-hybridized carbons (Fsp3) is 0.444. The van der Waals surface area contributed by atoms with Crippen LogP contribution < -0.4 is 80.4 Å². The van der Waals surface area contributed by atoms with Gasteiger partial charge >= 0.3 is 95.1 Å². The van der Waals surface area contributed by atoms with Crippen molar-refractivity contribution in [2.45, 2.75) is 120 Å². The predicted octanol–water partition coefficient (Wildman–Crippen LogP) is 2.57. The molecule has 72 heavy (non-hydrogen) atoms. The number of ketones is 2. The first-order chi connectivity index (χ1) is 32.8. The Morgan fingerprint density at radius 2 is 0.875 bits per heavy atom. The quantitative estimate of drug-likeness (QED) is 0.0354. The SMILES string of the molecule is CC1=C(/C=C/C(C)=C/C=C/C(C)=C/C=C/C=C(C)/C=C/C=C(C)/C=C/C2=C(C)C(=O)C(OC(=O)CNC(=O)NCCCC(=O)O)CC2(C)C)C(C)(C)CC(OC(=O)CNC(=O)NCCCC(=O)O)C1=O.[H-].[H-].[Na+].[Na+]. The molecule has 0 saturated heterocycles. The molecular weight excluding hydrogens is 943 g/mol. The number of urea groups is 2. The predicted molar refractivity (Wildman–Crippen MR) is 271 cm³/mol. The number of carboxylic acids is 2. The molecule has 0 heterocycles. The van der Waals surface area contributed by atoms with Crippen molar-refractivity contribution < 1.29 is 120 Å². The molecule has 16 nitrogen and oxygen atoms in total. The molecule has 6 N–H and O–H groups in total. The molecule has 0 saturated carbocycles. The van der Waals surface area contributed by atoms with Crippen molar-refractivity contribution in [3.63, 3.8) is 0 Å². The van der Waals surface area contributed by atoms with Gasteiger partial charge in [0, 0.05) is 38.8 Å². The second-order valence-corrected chi connectivity index (χ2v) is 18.6. The number of carbonyl (C=O) groups is 8. The molecule has 0 aromatic carbocycles. The van der Waals surface area contributed by atoms with Crippen LogP contribution in [0.25, 0.3) is 0 Å². The molecule has 4 amide bonds. The van der Waals surface area contributed by atoms with Crippen molar-refractivity contribution >= 4 is 47.5 Å². The third kappa shape index (κ3) is 25.5. The fourth-order valence-electron chi connectivity index (χ4n) is 7.47. The Morgan fingerprint density at radius 1 is 0.556 bits per heavy atom. The first-order valence-electron chi connectivity index (χ1n) is 23.3. The molecule has 0 fully saturated rings. The van der Waals surface area contributed by atoms with Crippen molar-refractivity contribution in [2.75, 3.05) is 26.2 Å². The van der Waals surface area contributed by atoms with Crippen molar-refractivity contribution in [1.82, 2.24) is 21.3 Å². The van der Waals surface area contributed by atoms with Gasteiger partial charge < -0.3 is 43.8 Å². The Hall–Kier alpha value is -5.10. The van der Waals surface area contributed by atoms with E-state index in [9.17, 15) is 38.4 Å². The van der Waals surface area contributed by atoms with E-state index in [-0.39, 0.29) is 125 Å². The second kappa shape index (κ2) is 33.6. The van der Waals surface area contributed by atoms with Gasteiger partial charge in [-0.1, -0.05) is 135 Å². The van der Waals surface area contributed by atoms with Crippen LogP contribution in [0.3, 0.4) is 0 Å². The number of nitrogens with one attached hydrogen (secondary N) is 4. The number of Topliss-reactive ketones (excluding diaryl/α,β-unsaturated/α-hetero) is 2. The minimum absolute atomic E-state index is 0. The summed E-state index contributed by atoms with van der Waals surface area (Å²) in [5.41, 5.74) is 5.74. The maximum absolute atomic E-state index is 13.2. The van der Waals surface area contributed by atoms with Gasteiger partial charge in [0.25, 0.3) is 0 Å². The van der Waals surface area contributed by atoms with Crippen LogP contribution in [0, 0.1) is 10.8 Å². The molecule has 0 spiro atoms. The van der Waals surface area contributed by atoms with Gasteiger partial charge in [-0.3, -0.25) is 28.8 Å². The monoisotopic (exact) mass is 1020 g/mol. The number of amides is 4. The summed E-state index contributed by atoms with van der Waals surface area (Å²) in [6.45, 7) is 18.7. The summed E-state index contributed by atoms with van der Waals surface area (Å²) in [4.78, 5) is 96.3. The minimum Gasteiger partial charge on any atom is -1.00 e. The molecule has 2 rings (SSSR count). The van der Waals surface area contributed by atoms with Gasteiger partial charge in [-0.25, -0.2) is 9.59 Å². The van der Waals surface area contributed by atoms with Crippen LogP contribution in [0.4, 0.5) is 9.59 Å². The van der Waals surface area contributed by atoms with E-state index in [4.69, 9.17) is 19.7 Å². The summed E-state index contributed by atoms with van der Waals surface area (Å²) >= 11 is 0. The molecule has 384 valence electrons. The normalized spacial score (nSPS) is 18.6. The van der Waals surface area contributed by atoms with Crippen molar-refractivity contribution in [3.05, 3.63) is 130 Å². The molecule has 0 aromatic heterocycles. The zero-order valence-electron chi connectivity index (χ0n) is 46.3. The summed E-state index contributed by atoms with van der Waals surface area (Å²) < 4.78 is 10.9. The van der Waals surface area contributed by atoms with E-state index < -0.39 is 72.1 Å². The average molecular weight is 1020 g/mol. The van der Waals surface area contributed by atoms with E-state index in [1.807, 2.05) is 140 Å². The number of hydrogen-bond acceptors (Lipinski definition) is 10. The molecule has 2 aliphatic rings. The van der Waals surface area contributed by atoms with Crippen molar-refractivity contribution in [3.8, 4) is 0 Å². The van der Waals surface area contributed by atoms with Crippen LogP contribution >= 0.6 is 0 Å². The topological polar surface area (TPSA) is 244 Å². The molecule has 0 aliphatic heterocycles. The molecule has 0 bridgehead atoms. The smallest absolute Gasteiger partial charge is 1.00 e. The van der Waals surface area contributed by atoms with Crippen LogP contribution in [-0.2, 0) is 38.2 Å². The van der Waals surface area contributed by atoms with E-state index in [0.717, 1.165) is 33.4 Å². The number of hydrogen-bond donors (Lipinski definition) is 6. The summed E-state index contributed by atoms with van der Waals surface area (Å²) in [6.07, 6.45) is 26.4. The number of allylic oxidation sites excluding steroid dienone is 20. The van der Waals surface area contributed by atoms with Gasteiger partial charge in [0.05, 0.1) is 0 Å². The van der Waals surface area contributed by atoms with Crippen molar-refractivity contribution in [2.24, 2.45) is 10.8 Å². The van der Waals surface area contributed by atoms with Gasteiger partial charge in [-0.05, 0) is 87.5 Å². The molecule has 18 heteroatoms. The zero-order valence-corrected chi connectivity index (χ0v) is 48.3. The first kappa shape index (κ1) is 66.9. The Kier molecular flexibility index (Phi) is 31.2. The summed E-state index contributed by atoms with van der Waals surface area (Å²) in [5.74, 6) is -4.02. The molecule has 2 unspecified atom stereocenters. The Morgan fingerprint density at radius 3 is 1.21 bits per heavy atom. The van der Waals surface area contributed by atoms with Gasteiger partial charge in [0.15, 0.2) is 23.8 Å². The minimum atomic E-state index is -0.980. The Labute approximate surface area is 472 Å². The van der Waals surface area contributed by atoms with Crippen LogP contribution in [0.1, 0.15) is 111 Å². The number of ether oxygens (including phenoxy) is 2. The van der Waals surface area contributed by atoms with E-state index in [1.165, 1.54) is 0 Å². The third-order valence-electron chi connectivity index (χ3n) is 11.3. The summed E-state index contributed by atoms with van der Waals surface area (Å²) in [6, 6.07) is -1.27. The van der Waals surface area contributed by atoms with Crippen LogP contribution in [0.5, 0.6) is 0 Å². The maximum atomic E-state index is 13.2. The Bertz CT molecular complexity index is 2190. The molecule has 2 aliphatic carbocycles.